The number of rotatable bonds is 4. The predicted octanol–water partition coefficient (Wildman–Crippen LogP) is 1.32. The first-order chi connectivity index (χ1) is 9.98. The molecular formula is C15H23N3O2S. The number of fused-ring (bicyclic) bond motifs is 2. The number of nitrogens with two attached hydrogens (primary N) is 1. The summed E-state index contributed by atoms with van der Waals surface area (Å²) in [6, 6.07) is 10.0. The van der Waals surface area contributed by atoms with Crippen LogP contribution < -0.4 is 5.73 Å². The predicted molar refractivity (Wildman–Crippen MR) is 82.7 cm³/mol. The Morgan fingerprint density at radius 3 is 2.33 bits per heavy atom. The van der Waals surface area contributed by atoms with Crippen LogP contribution in [0.3, 0.4) is 0 Å². The van der Waals surface area contributed by atoms with Crippen LogP contribution >= 0.6 is 0 Å². The molecule has 1 aromatic rings. The molecule has 0 spiro atoms. The van der Waals surface area contributed by atoms with Crippen molar-refractivity contribution in [2.45, 2.75) is 50.4 Å². The van der Waals surface area contributed by atoms with Crippen molar-refractivity contribution < 1.29 is 8.42 Å². The molecule has 0 amide bonds. The molecule has 2 fully saturated rings. The van der Waals surface area contributed by atoms with Crippen molar-refractivity contribution in [3.05, 3.63) is 35.9 Å². The Balaban J connectivity index is 1.78. The van der Waals surface area contributed by atoms with Gasteiger partial charge in [0.15, 0.2) is 0 Å². The van der Waals surface area contributed by atoms with Gasteiger partial charge in [0.1, 0.15) is 0 Å². The van der Waals surface area contributed by atoms with E-state index in [4.69, 9.17) is 5.73 Å². The lowest BCUT2D eigenvalue weighted by atomic mass is 10.0. The minimum atomic E-state index is -3.41. The van der Waals surface area contributed by atoms with Gasteiger partial charge in [-0.15, -0.1) is 0 Å². The van der Waals surface area contributed by atoms with Gasteiger partial charge in [0.2, 0.25) is 0 Å². The Kier molecular flexibility index (Phi) is 4.05. The second kappa shape index (κ2) is 5.68. The zero-order valence-corrected chi connectivity index (χ0v) is 13.2. The van der Waals surface area contributed by atoms with Gasteiger partial charge >= 0.3 is 0 Å². The second-order valence-electron chi connectivity index (χ2n) is 6.20. The summed E-state index contributed by atoms with van der Waals surface area (Å²) in [7, 11) is -1.75. The van der Waals surface area contributed by atoms with Gasteiger partial charge in [-0.2, -0.15) is 17.0 Å². The van der Waals surface area contributed by atoms with E-state index in [1.165, 1.54) is 4.31 Å². The zero-order valence-electron chi connectivity index (χ0n) is 12.4. The van der Waals surface area contributed by atoms with Crippen molar-refractivity contribution in [1.29, 1.82) is 0 Å². The Morgan fingerprint density at radius 2 is 1.76 bits per heavy atom. The molecule has 2 aliphatic heterocycles. The highest BCUT2D eigenvalue weighted by Crippen LogP contribution is 2.38. The molecule has 2 bridgehead atoms. The van der Waals surface area contributed by atoms with Crippen LogP contribution in [0.4, 0.5) is 0 Å². The summed E-state index contributed by atoms with van der Waals surface area (Å²) < 4.78 is 28.9. The number of benzene rings is 1. The smallest absolute Gasteiger partial charge is 0.282 e. The monoisotopic (exact) mass is 309 g/mol. The molecule has 0 aromatic heterocycles. The first-order valence-corrected chi connectivity index (χ1v) is 8.92. The van der Waals surface area contributed by atoms with Gasteiger partial charge in [0, 0.05) is 31.7 Å². The van der Waals surface area contributed by atoms with Gasteiger partial charge in [-0.25, -0.2) is 0 Å². The van der Waals surface area contributed by atoms with Gasteiger partial charge in [0.05, 0.1) is 0 Å². The highest BCUT2D eigenvalue weighted by Gasteiger charge is 2.47. The molecule has 2 unspecified atom stereocenters. The summed E-state index contributed by atoms with van der Waals surface area (Å²) in [5, 5.41) is 0. The van der Waals surface area contributed by atoms with E-state index in [0.29, 0.717) is 6.54 Å². The van der Waals surface area contributed by atoms with Crippen LogP contribution in [0.2, 0.25) is 0 Å². The molecule has 1 aromatic carbocycles. The normalized spacial score (nSPS) is 30.0. The molecule has 2 N–H and O–H groups in total. The van der Waals surface area contributed by atoms with Gasteiger partial charge in [0.25, 0.3) is 10.2 Å². The van der Waals surface area contributed by atoms with Crippen LogP contribution in [0.15, 0.2) is 30.3 Å². The summed E-state index contributed by atoms with van der Waals surface area (Å²) in [6.07, 6.45) is 3.46. The minimum Gasteiger partial charge on any atom is -0.328 e. The molecule has 2 heterocycles. The topological polar surface area (TPSA) is 66.6 Å². The Hall–Kier alpha value is -0.950. The molecule has 6 heteroatoms. The third-order valence-corrected chi connectivity index (χ3v) is 6.66. The number of hydrogen-bond donors (Lipinski definition) is 1. The van der Waals surface area contributed by atoms with Crippen LogP contribution in [-0.2, 0) is 16.8 Å². The van der Waals surface area contributed by atoms with E-state index in [9.17, 15) is 8.42 Å². The maximum absolute atomic E-state index is 12.9. The Bertz CT molecular complexity index is 576. The standard InChI is InChI=1S/C15H23N3O2S/c1-17(11-12-5-3-2-4-6-12)21(19,20)18-14-7-8-15(18)10-13(16)9-14/h2-6,13-15H,7-11,16H2,1H3. The van der Waals surface area contributed by atoms with Gasteiger partial charge in [-0.3, -0.25) is 0 Å². The molecule has 21 heavy (non-hydrogen) atoms. The van der Waals surface area contributed by atoms with E-state index in [-0.39, 0.29) is 18.1 Å². The van der Waals surface area contributed by atoms with E-state index in [0.717, 1.165) is 31.2 Å². The molecule has 0 aliphatic carbocycles. The molecule has 5 nitrogen and oxygen atoms in total. The fourth-order valence-corrected chi connectivity index (χ4v) is 5.41. The number of nitrogens with zero attached hydrogens (tertiary/aromatic N) is 2. The van der Waals surface area contributed by atoms with Crippen molar-refractivity contribution in [2.75, 3.05) is 7.05 Å². The molecule has 0 radical (unpaired) electrons. The minimum absolute atomic E-state index is 0.0852. The molecule has 2 aliphatic rings. The highest BCUT2D eigenvalue weighted by molar-refractivity contribution is 7.86. The summed E-state index contributed by atoms with van der Waals surface area (Å²) >= 11 is 0. The van der Waals surface area contributed by atoms with Crippen molar-refractivity contribution >= 4 is 10.2 Å². The van der Waals surface area contributed by atoms with Crippen LogP contribution in [0, 0.1) is 0 Å². The SMILES string of the molecule is CN(Cc1ccccc1)S(=O)(=O)N1C2CCC1CC(N)C2. The fourth-order valence-electron chi connectivity index (χ4n) is 3.64. The molecular weight excluding hydrogens is 286 g/mol. The third-order valence-electron chi connectivity index (χ3n) is 4.61. The van der Waals surface area contributed by atoms with Gasteiger partial charge in [-0.1, -0.05) is 30.3 Å². The van der Waals surface area contributed by atoms with Crippen LogP contribution in [0.5, 0.6) is 0 Å². The highest BCUT2D eigenvalue weighted by atomic mass is 32.2. The molecule has 116 valence electrons. The Labute approximate surface area is 126 Å². The first-order valence-electron chi connectivity index (χ1n) is 7.53. The summed E-state index contributed by atoms with van der Waals surface area (Å²) in [4.78, 5) is 0. The lowest BCUT2D eigenvalue weighted by Crippen LogP contribution is -2.53. The van der Waals surface area contributed by atoms with E-state index in [2.05, 4.69) is 0 Å². The fraction of sp³-hybridized carbons (Fsp3) is 0.600. The van der Waals surface area contributed by atoms with E-state index >= 15 is 0 Å². The molecule has 3 rings (SSSR count). The molecule has 2 atom stereocenters. The summed E-state index contributed by atoms with van der Waals surface area (Å²) in [5.41, 5.74) is 7.03. The van der Waals surface area contributed by atoms with Crippen LogP contribution in [-0.4, -0.2) is 42.2 Å². The lowest BCUT2D eigenvalue weighted by molar-refractivity contribution is 0.213. The maximum atomic E-state index is 12.9. The third kappa shape index (κ3) is 2.85. The van der Waals surface area contributed by atoms with E-state index < -0.39 is 10.2 Å². The van der Waals surface area contributed by atoms with Gasteiger partial charge in [-0.05, 0) is 31.2 Å². The van der Waals surface area contributed by atoms with Crippen molar-refractivity contribution in [3.63, 3.8) is 0 Å². The van der Waals surface area contributed by atoms with Crippen LogP contribution in [0.25, 0.3) is 0 Å². The first kappa shape index (κ1) is 15.0. The van der Waals surface area contributed by atoms with Crippen molar-refractivity contribution in [2.24, 2.45) is 5.73 Å². The summed E-state index contributed by atoms with van der Waals surface area (Å²) in [6.45, 7) is 0.408. The lowest BCUT2D eigenvalue weighted by Gasteiger charge is -2.38. The van der Waals surface area contributed by atoms with Crippen molar-refractivity contribution in [3.8, 4) is 0 Å². The number of piperidine rings is 1. The Morgan fingerprint density at radius 1 is 1.19 bits per heavy atom. The van der Waals surface area contributed by atoms with Crippen LogP contribution in [0.1, 0.15) is 31.2 Å². The average Bonchev–Trinajstić information content (AvgIpc) is 2.73. The number of hydrogen-bond acceptors (Lipinski definition) is 3. The average molecular weight is 309 g/mol. The molecule has 2 saturated heterocycles. The quantitative estimate of drug-likeness (QED) is 0.912. The summed E-state index contributed by atoms with van der Waals surface area (Å²) in [5.74, 6) is 0. The maximum Gasteiger partial charge on any atom is 0.282 e. The molecule has 0 saturated carbocycles. The largest absolute Gasteiger partial charge is 0.328 e. The second-order valence-corrected chi connectivity index (χ2v) is 8.14. The van der Waals surface area contributed by atoms with Crippen molar-refractivity contribution in [1.82, 2.24) is 8.61 Å². The van der Waals surface area contributed by atoms with E-state index in [1.54, 1.807) is 11.4 Å². The van der Waals surface area contributed by atoms with E-state index in [1.807, 2.05) is 30.3 Å². The van der Waals surface area contributed by atoms with Gasteiger partial charge < -0.3 is 5.73 Å². The zero-order chi connectivity index (χ0) is 15.0.